The molecule has 1 aromatic heterocycles. The van der Waals surface area contributed by atoms with Gasteiger partial charge in [0.05, 0.1) is 4.92 Å². The second-order valence-electron chi connectivity index (χ2n) is 3.93. The average Bonchev–Trinajstić information content (AvgIpc) is 2.38. The number of nitro benzene ring substituents is 1. The minimum Gasteiger partial charge on any atom is -0.368 e. The highest BCUT2D eigenvalue weighted by Gasteiger charge is 2.09. The second kappa shape index (κ2) is 4.81. The van der Waals surface area contributed by atoms with E-state index in [0.29, 0.717) is 22.8 Å². The third kappa shape index (κ3) is 2.71. The molecular weight excluding hydrogens is 246 g/mol. The molecular formula is C12H11N5O2. The second-order valence-corrected chi connectivity index (χ2v) is 3.93. The van der Waals surface area contributed by atoms with Gasteiger partial charge in [0, 0.05) is 17.7 Å². The molecule has 7 heteroatoms. The van der Waals surface area contributed by atoms with E-state index in [1.807, 2.05) is 0 Å². The van der Waals surface area contributed by atoms with Gasteiger partial charge in [0.15, 0.2) is 11.6 Å². The molecule has 0 amide bonds. The Hall–Kier alpha value is -2.83. The van der Waals surface area contributed by atoms with Crippen molar-refractivity contribution < 1.29 is 4.92 Å². The van der Waals surface area contributed by atoms with Crippen LogP contribution in [0.4, 0.5) is 11.6 Å². The molecule has 0 saturated carbocycles. The predicted octanol–water partition coefficient (Wildman–Crippen LogP) is 2.06. The lowest BCUT2D eigenvalue weighted by Gasteiger charge is -2.04. The molecule has 0 spiro atoms. The molecule has 0 fully saturated rings. The Morgan fingerprint density at radius 2 is 1.89 bits per heavy atom. The van der Waals surface area contributed by atoms with E-state index >= 15 is 0 Å². The Bertz CT molecular complexity index is 652. The van der Waals surface area contributed by atoms with E-state index < -0.39 is 4.92 Å². The van der Waals surface area contributed by atoms with Gasteiger partial charge in [-0.25, -0.2) is 4.98 Å². The summed E-state index contributed by atoms with van der Waals surface area (Å²) >= 11 is 0. The molecule has 2 aromatic rings. The van der Waals surface area contributed by atoms with Crippen LogP contribution in [0.15, 0.2) is 30.8 Å². The van der Waals surface area contributed by atoms with Crippen molar-refractivity contribution in [2.24, 2.45) is 0 Å². The summed E-state index contributed by atoms with van der Waals surface area (Å²) in [4.78, 5) is 22.3. The highest BCUT2D eigenvalue weighted by atomic mass is 16.6. The molecule has 0 aliphatic rings. The maximum Gasteiger partial charge on any atom is 0.269 e. The largest absolute Gasteiger partial charge is 0.368 e. The summed E-state index contributed by atoms with van der Waals surface area (Å²) in [6, 6.07) is 5.90. The fourth-order valence-electron chi connectivity index (χ4n) is 1.44. The Morgan fingerprint density at radius 1 is 1.26 bits per heavy atom. The molecule has 19 heavy (non-hydrogen) atoms. The number of anilines is 1. The minimum atomic E-state index is -0.467. The SMILES string of the molecule is C=C(C)c1nc(N)nc(-c2ccc([N+](=O)[O-])cc2)n1. The molecule has 1 aromatic carbocycles. The monoisotopic (exact) mass is 257 g/mol. The van der Waals surface area contributed by atoms with Crippen molar-refractivity contribution in [1.82, 2.24) is 15.0 Å². The van der Waals surface area contributed by atoms with Gasteiger partial charge >= 0.3 is 0 Å². The lowest BCUT2D eigenvalue weighted by Crippen LogP contribution is -2.03. The smallest absolute Gasteiger partial charge is 0.269 e. The van der Waals surface area contributed by atoms with Gasteiger partial charge in [-0.2, -0.15) is 9.97 Å². The summed E-state index contributed by atoms with van der Waals surface area (Å²) in [7, 11) is 0. The van der Waals surface area contributed by atoms with Crippen molar-refractivity contribution >= 4 is 17.2 Å². The zero-order valence-corrected chi connectivity index (χ0v) is 10.2. The van der Waals surface area contributed by atoms with Crippen LogP contribution in [0.5, 0.6) is 0 Å². The minimum absolute atomic E-state index is 0.00547. The van der Waals surface area contributed by atoms with Crippen molar-refractivity contribution in [3.8, 4) is 11.4 Å². The van der Waals surface area contributed by atoms with E-state index in [1.165, 1.54) is 12.1 Å². The first-order chi connectivity index (χ1) is 8.97. The fourth-order valence-corrected chi connectivity index (χ4v) is 1.44. The number of nitrogen functional groups attached to an aromatic ring is 1. The van der Waals surface area contributed by atoms with Gasteiger partial charge in [0.25, 0.3) is 5.69 Å². The zero-order valence-electron chi connectivity index (χ0n) is 10.2. The molecule has 0 radical (unpaired) electrons. The van der Waals surface area contributed by atoms with E-state index in [2.05, 4.69) is 21.5 Å². The number of nitro groups is 1. The average molecular weight is 257 g/mol. The fraction of sp³-hybridized carbons (Fsp3) is 0.0833. The van der Waals surface area contributed by atoms with E-state index in [9.17, 15) is 10.1 Å². The van der Waals surface area contributed by atoms with E-state index in [1.54, 1.807) is 19.1 Å². The maximum absolute atomic E-state index is 10.6. The Labute approximate surface area is 109 Å². The van der Waals surface area contributed by atoms with Crippen LogP contribution in [0, 0.1) is 10.1 Å². The Kier molecular flexibility index (Phi) is 3.19. The number of aromatic nitrogens is 3. The van der Waals surface area contributed by atoms with Gasteiger partial charge in [-0.15, -0.1) is 0 Å². The van der Waals surface area contributed by atoms with Crippen LogP contribution >= 0.6 is 0 Å². The first kappa shape index (κ1) is 12.6. The van der Waals surface area contributed by atoms with Crippen LogP contribution in [0.25, 0.3) is 17.0 Å². The normalized spacial score (nSPS) is 10.2. The number of nitrogens with two attached hydrogens (primary N) is 1. The highest BCUT2D eigenvalue weighted by molar-refractivity contribution is 5.62. The van der Waals surface area contributed by atoms with Crippen LogP contribution in [0.2, 0.25) is 0 Å². The molecule has 0 unspecified atom stereocenters. The van der Waals surface area contributed by atoms with E-state index in [0.717, 1.165) is 0 Å². The summed E-state index contributed by atoms with van der Waals surface area (Å²) in [5.74, 6) is 0.850. The first-order valence-corrected chi connectivity index (χ1v) is 5.39. The van der Waals surface area contributed by atoms with Gasteiger partial charge in [-0.05, 0) is 24.6 Å². The number of allylic oxidation sites excluding steroid dienone is 1. The molecule has 2 N–H and O–H groups in total. The Morgan fingerprint density at radius 3 is 2.42 bits per heavy atom. The van der Waals surface area contributed by atoms with Crippen LogP contribution < -0.4 is 5.73 Å². The standard InChI is InChI=1S/C12H11N5O2/c1-7(2)10-14-11(16-12(13)15-10)8-3-5-9(6-4-8)17(18)19/h3-6H,1H2,2H3,(H2,13,14,15,16). The number of hydrogen-bond acceptors (Lipinski definition) is 6. The van der Waals surface area contributed by atoms with E-state index in [-0.39, 0.29) is 11.6 Å². The summed E-state index contributed by atoms with van der Waals surface area (Å²) in [6.45, 7) is 5.50. The lowest BCUT2D eigenvalue weighted by atomic mass is 10.2. The van der Waals surface area contributed by atoms with Crippen molar-refractivity contribution in [1.29, 1.82) is 0 Å². The maximum atomic E-state index is 10.6. The number of hydrogen-bond donors (Lipinski definition) is 1. The highest BCUT2D eigenvalue weighted by Crippen LogP contribution is 2.20. The van der Waals surface area contributed by atoms with Gasteiger partial charge in [-0.3, -0.25) is 10.1 Å². The van der Waals surface area contributed by atoms with Crippen LogP contribution in [0.1, 0.15) is 12.7 Å². The summed E-state index contributed by atoms with van der Waals surface area (Å²) in [5.41, 5.74) is 6.90. The van der Waals surface area contributed by atoms with Crippen molar-refractivity contribution in [2.75, 3.05) is 5.73 Å². The number of benzene rings is 1. The number of rotatable bonds is 3. The molecule has 1 heterocycles. The van der Waals surface area contributed by atoms with Crippen LogP contribution in [-0.2, 0) is 0 Å². The van der Waals surface area contributed by atoms with Gasteiger partial charge in [0.2, 0.25) is 5.95 Å². The zero-order chi connectivity index (χ0) is 14.0. The first-order valence-electron chi connectivity index (χ1n) is 5.39. The van der Waals surface area contributed by atoms with Crippen molar-refractivity contribution in [3.63, 3.8) is 0 Å². The number of non-ortho nitro benzene ring substituents is 1. The van der Waals surface area contributed by atoms with Gasteiger partial charge in [-0.1, -0.05) is 6.58 Å². The molecule has 96 valence electrons. The lowest BCUT2D eigenvalue weighted by molar-refractivity contribution is -0.384. The van der Waals surface area contributed by atoms with Crippen LogP contribution in [0.3, 0.4) is 0 Å². The molecule has 0 saturated heterocycles. The van der Waals surface area contributed by atoms with Gasteiger partial charge in [0.1, 0.15) is 0 Å². The number of nitrogens with zero attached hydrogens (tertiary/aromatic N) is 4. The topological polar surface area (TPSA) is 108 Å². The van der Waals surface area contributed by atoms with Crippen molar-refractivity contribution in [2.45, 2.75) is 6.92 Å². The molecule has 0 aliphatic carbocycles. The van der Waals surface area contributed by atoms with Crippen molar-refractivity contribution in [3.05, 3.63) is 46.8 Å². The molecule has 7 nitrogen and oxygen atoms in total. The molecule has 2 rings (SSSR count). The predicted molar refractivity (Wildman–Crippen MR) is 71.0 cm³/mol. The quantitative estimate of drug-likeness (QED) is 0.666. The van der Waals surface area contributed by atoms with Gasteiger partial charge < -0.3 is 5.73 Å². The van der Waals surface area contributed by atoms with Crippen LogP contribution in [-0.4, -0.2) is 19.9 Å². The van der Waals surface area contributed by atoms with E-state index in [4.69, 9.17) is 5.73 Å². The molecule has 0 bridgehead atoms. The third-order valence-corrected chi connectivity index (χ3v) is 2.37. The summed E-state index contributed by atoms with van der Waals surface area (Å²) in [6.07, 6.45) is 0. The third-order valence-electron chi connectivity index (χ3n) is 2.37. The molecule has 0 aliphatic heterocycles. The Balaban J connectivity index is 2.46. The summed E-state index contributed by atoms with van der Waals surface area (Å²) in [5, 5.41) is 10.6. The molecule has 0 atom stereocenters. The summed E-state index contributed by atoms with van der Waals surface area (Å²) < 4.78 is 0.